The van der Waals surface area contributed by atoms with Crippen molar-refractivity contribution in [3.63, 3.8) is 0 Å². The lowest BCUT2D eigenvalue weighted by Crippen LogP contribution is -2.38. The first-order valence-corrected chi connectivity index (χ1v) is 5.43. The van der Waals surface area contributed by atoms with Gasteiger partial charge in [-0.2, -0.15) is 0 Å². The first kappa shape index (κ1) is 8.39. The van der Waals surface area contributed by atoms with Crippen LogP contribution in [0.15, 0.2) is 23.6 Å². The van der Waals surface area contributed by atoms with Gasteiger partial charge in [0.2, 0.25) is 0 Å². The largest absolute Gasteiger partial charge is 0.310 e. The van der Waals surface area contributed by atoms with Crippen molar-refractivity contribution >= 4 is 11.8 Å². The van der Waals surface area contributed by atoms with E-state index in [2.05, 4.69) is 34.7 Å². The van der Waals surface area contributed by atoms with Crippen molar-refractivity contribution in [2.45, 2.75) is 18.9 Å². The van der Waals surface area contributed by atoms with Gasteiger partial charge in [0.15, 0.2) is 0 Å². The van der Waals surface area contributed by atoms with Gasteiger partial charge in [-0.05, 0) is 24.2 Å². The van der Waals surface area contributed by atoms with Gasteiger partial charge in [-0.3, -0.25) is 0 Å². The molecule has 2 aliphatic rings. The number of nitrogens with one attached hydrogen (secondary N) is 1. The van der Waals surface area contributed by atoms with Crippen molar-refractivity contribution in [1.29, 1.82) is 0 Å². The van der Waals surface area contributed by atoms with Gasteiger partial charge in [0.1, 0.15) is 0 Å². The van der Waals surface area contributed by atoms with Crippen molar-refractivity contribution in [3.8, 4) is 0 Å². The Labute approximate surface area is 78.3 Å². The SMILES string of the molecule is [CH]1SC=CCC1C1CC=CCN1. The third-order valence-corrected chi connectivity index (χ3v) is 3.26. The van der Waals surface area contributed by atoms with Gasteiger partial charge in [0.05, 0.1) is 0 Å². The van der Waals surface area contributed by atoms with E-state index in [9.17, 15) is 0 Å². The minimum absolute atomic E-state index is 0.674. The summed E-state index contributed by atoms with van der Waals surface area (Å²) in [5.74, 6) is 3.08. The zero-order chi connectivity index (χ0) is 8.23. The summed E-state index contributed by atoms with van der Waals surface area (Å²) >= 11 is 1.83. The Bertz CT molecular complexity index is 176. The van der Waals surface area contributed by atoms with Crippen LogP contribution in [0.1, 0.15) is 12.8 Å². The van der Waals surface area contributed by atoms with Crippen molar-refractivity contribution in [1.82, 2.24) is 5.32 Å². The fourth-order valence-corrected chi connectivity index (χ4v) is 2.50. The zero-order valence-electron chi connectivity index (χ0n) is 7.07. The van der Waals surface area contributed by atoms with Crippen LogP contribution in [-0.2, 0) is 0 Å². The third-order valence-electron chi connectivity index (χ3n) is 2.41. The molecule has 0 saturated carbocycles. The van der Waals surface area contributed by atoms with E-state index in [0.717, 1.165) is 12.5 Å². The van der Waals surface area contributed by atoms with Crippen LogP contribution in [0.4, 0.5) is 0 Å². The van der Waals surface area contributed by atoms with E-state index in [1.165, 1.54) is 12.8 Å². The first-order chi connectivity index (χ1) is 5.97. The highest BCUT2D eigenvalue weighted by molar-refractivity contribution is 8.04. The Morgan fingerprint density at radius 1 is 1.17 bits per heavy atom. The predicted octanol–water partition coefficient (Wildman–Crippen LogP) is 2.33. The molecular formula is C10H14NS. The van der Waals surface area contributed by atoms with Crippen LogP contribution in [-0.4, -0.2) is 12.6 Å². The average molecular weight is 180 g/mol. The van der Waals surface area contributed by atoms with E-state index in [4.69, 9.17) is 0 Å². The number of rotatable bonds is 1. The minimum Gasteiger partial charge on any atom is -0.310 e. The van der Waals surface area contributed by atoms with Crippen molar-refractivity contribution < 1.29 is 0 Å². The third kappa shape index (κ3) is 1.93. The highest BCUT2D eigenvalue weighted by atomic mass is 32.2. The second kappa shape index (κ2) is 4.15. The fraction of sp³-hybridized carbons (Fsp3) is 0.500. The molecule has 0 spiro atoms. The van der Waals surface area contributed by atoms with E-state index >= 15 is 0 Å². The molecule has 2 aliphatic heterocycles. The number of thioether (sulfide) groups is 1. The number of hydrogen-bond donors (Lipinski definition) is 1. The highest BCUT2D eigenvalue weighted by Gasteiger charge is 2.21. The second-order valence-electron chi connectivity index (χ2n) is 3.27. The fourth-order valence-electron chi connectivity index (χ4n) is 1.68. The summed E-state index contributed by atoms with van der Waals surface area (Å²) in [6.07, 6.45) is 9.17. The molecule has 0 aromatic heterocycles. The Balaban J connectivity index is 1.90. The van der Waals surface area contributed by atoms with E-state index < -0.39 is 0 Å². The summed E-state index contributed by atoms with van der Waals surface area (Å²) in [4.78, 5) is 0. The first-order valence-electron chi connectivity index (χ1n) is 4.49. The van der Waals surface area contributed by atoms with Gasteiger partial charge in [0.25, 0.3) is 0 Å². The summed E-state index contributed by atoms with van der Waals surface area (Å²) in [6.45, 7) is 1.05. The lowest BCUT2D eigenvalue weighted by atomic mass is 9.93. The van der Waals surface area contributed by atoms with Gasteiger partial charge in [0, 0.05) is 18.3 Å². The molecule has 0 saturated heterocycles. The summed E-state index contributed by atoms with van der Waals surface area (Å²) in [6, 6.07) is 0.674. The van der Waals surface area contributed by atoms with Crippen LogP contribution in [0.2, 0.25) is 0 Å². The lowest BCUT2D eigenvalue weighted by molar-refractivity contribution is 0.409. The van der Waals surface area contributed by atoms with Crippen LogP contribution in [0.3, 0.4) is 0 Å². The minimum atomic E-state index is 0.674. The maximum absolute atomic E-state index is 3.52. The molecule has 0 bridgehead atoms. The number of hydrogen-bond acceptors (Lipinski definition) is 2. The van der Waals surface area contributed by atoms with Crippen molar-refractivity contribution in [3.05, 3.63) is 29.4 Å². The Hall–Kier alpha value is -0.210. The molecule has 2 unspecified atom stereocenters. The zero-order valence-corrected chi connectivity index (χ0v) is 7.89. The van der Waals surface area contributed by atoms with Gasteiger partial charge >= 0.3 is 0 Å². The average Bonchev–Trinajstić information content (AvgIpc) is 2.21. The molecule has 2 heterocycles. The Morgan fingerprint density at radius 2 is 2.17 bits per heavy atom. The monoisotopic (exact) mass is 180 g/mol. The molecule has 0 aromatic rings. The number of allylic oxidation sites excluding steroid dienone is 1. The van der Waals surface area contributed by atoms with E-state index in [0.29, 0.717) is 6.04 Å². The highest BCUT2D eigenvalue weighted by Crippen LogP contribution is 2.29. The summed E-state index contributed by atoms with van der Waals surface area (Å²) in [5, 5.41) is 5.70. The van der Waals surface area contributed by atoms with Crippen LogP contribution < -0.4 is 5.32 Å². The quantitative estimate of drug-likeness (QED) is 0.622. The van der Waals surface area contributed by atoms with E-state index in [-0.39, 0.29) is 0 Å². The van der Waals surface area contributed by atoms with Gasteiger partial charge in [-0.15, -0.1) is 11.8 Å². The smallest absolute Gasteiger partial charge is 0.0260 e. The van der Waals surface area contributed by atoms with Crippen molar-refractivity contribution in [2.24, 2.45) is 5.92 Å². The molecule has 0 amide bonds. The van der Waals surface area contributed by atoms with E-state index in [1.807, 2.05) is 11.8 Å². The molecule has 0 fully saturated rings. The van der Waals surface area contributed by atoms with Gasteiger partial charge in [-0.25, -0.2) is 0 Å². The molecule has 0 aromatic carbocycles. The predicted molar refractivity (Wildman–Crippen MR) is 54.7 cm³/mol. The molecular weight excluding hydrogens is 166 g/mol. The molecule has 1 radical (unpaired) electrons. The van der Waals surface area contributed by atoms with Crippen molar-refractivity contribution in [2.75, 3.05) is 6.54 Å². The molecule has 1 N–H and O–H groups in total. The Kier molecular flexibility index (Phi) is 2.90. The normalized spacial score (nSPS) is 35.3. The Morgan fingerprint density at radius 3 is 2.83 bits per heavy atom. The molecule has 2 atom stereocenters. The standard InChI is InChI=1S/C10H14NS/c1-2-6-11-10(5-1)9-4-3-7-12-8-9/h1-3,7-11H,4-6H2. The molecule has 0 aliphatic carbocycles. The molecule has 2 rings (SSSR count). The maximum atomic E-state index is 3.52. The van der Waals surface area contributed by atoms with Gasteiger partial charge < -0.3 is 5.32 Å². The topological polar surface area (TPSA) is 12.0 Å². The molecule has 12 heavy (non-hydrogen) atoms. The van der Waals surface area contributed by atoms with Gasteiger partial charge in [-0.1, -0.05) is 18.2 Å². The molecule has 65 valence electrons. The summed E-state index contributed by atoms with van der Waals surface area (Å²) in [7, 11) is 0. The second-order valence-corrected chi connectivity index (χ2v) is 4.08. The van der Waals surface area contributed by atoms with Crippen LogP contribution in [0, 0.1) is 11.7 Å². The molecule has 2 heteroatoms. The van der Waals surface area contributed by atoms with E-state index in [1.54, 1.807) is 0 Å². The maximum Gasteiger partial charge on any atom is 0.0260 e. The van der Waals surface area contributed by atoms with Crippen LogP contribution in [0.5, 0.6) is 0 Å². The summed E-state index contributed by atoms with van der Waals surface area (Å²) in [5.41, 5.74) is 0. The summed E-state index contributed by atoms with van der Waals surface area (Å²) < 4.78 is 0. The van der Waals surface area contributed by atoms with Crippen LogP contribution in [0.25, 0.3) is 0 Å². The van der Waals surface area contributed by atoms with Crippen LogP contribution >= 0.6 is 11.8 Å². The lowest BCUT2D eigenvalue weighted by Gasteiger charge is -2.29. The molecule has 1 nitrogen and oxygen atoms in total.